The molecule has 0 fully saturated rings. The minimum absolute atomic E-state index is 0.0212. The highest BCUT2D eigenvalue weighted by atomic mass is 31.2. The fraction of sp³-hybridized carbons (Fsp3) is 0.651. The summed E-state index contributed by atoms with van der Waals surface area (Å²) in [4.78, 5) is 35.6. The zero-order valence-electron chi connectivity index (χ0n) is 47.1. The number of unbranched alkanes of at least 4 members (excludes halogenated alkanes) is 17. The van der Waals surface area contributed by atoms with Gasteiger partial charge in [-0.3, -0.25) is 18.6 Å². The van der Waals surface area contributed by atoms with Gasteiger partial charge in [0.2, 0.25) is 0 Å². The van der Waals surface area contributed by atoms with Crippen LogP contribution in [0.5, 0.6) is 0 Å². The Morgan fingerprint density at radius 3 is 1.16 bits per heavy atom. The van der Waals surface area contributed by atoms with Crippen molar-refractivity contribution in [3.63, 3.8) is 0 Å². The van der Waals surface area contributed by atoms with Gasteiger partial charge < -0.3 is 18.9 Å². The molecule has 0 bridgehead atoms. The van der Waals surface area contributed by atoms with E-state index in [1.165, 1.54) is 57.8 Å². The number of quaternary nitrogens is 1. The van der Waals surface area contributed by atoms with Gasteiger partial charge in [-0.15, -0.1) is 0 Å². The first-order chi connectivity index (χ1) is 35.5. The number of carbonyl (C=O) groups excluding carboxylic acids is 2. The number of hydrogen-bond acceptors (Lipinski definition) is 7. The van der Waals surface area contributed by atoms with Crippen LogP contribution >= 0.6 is 7.82 Å². The molecule has 0 aromatic rings. The number of rotatable bonds is 51. The topological polar surface area (TPSA) is 108 Å². The van der Waals surface area contributed by atoms with E-state index in [-0.39, 0.29) is 32.0 Å². The third-order valence-corrected chi connectivity index (χ3v) is 12.7. The Hall–Kier alpha value is -3.59. The zero-order valence-corrected chi connectivity index (χ0v) is 48.0. The molecule has 2 unspecified atom stereocenters. The highest BCUT2D eigenvalue weighted by molar-refractivity contribution is 7.47. The van der Waals surface area contributed by atoms with Crippen LogP contribution in [0.15, 0.2) is 122 Å². The summed E-state index contributed by atoms with van der Waals surface area (Å²) in [5, 5.41) is 0. The summed E-state index contributed by atoms with van der Waals surface area (Å²) in [6.45, 7) is 4.26. The fourth-order valence-corrected chi connectivity index (χ4v) is 8.04. The van der Waals surface area contributed by atoms with E-state index in [1.54, 1.807) is 0 Å². The minimum Gasteiger partial charge on any atom is -0.462 e. The van der Waals surface area contributed by atoms with E-state index in [1.807, 2.05) is 21.1 Å². The Kier molecular flexibility index (Phi) is 50.6. The van der Waals surface area contributed by atoms with Crippen molar-refractivity contribution in [1.29, 1.82) is 0 Å². The van der Waals surface area contributed by atoms with Crippen molar-refractivity contribution < 1.29 is 42.1 Å². The molecular weight excluding hydrogens is 930 g/mol. The molecule has 73 heavy (non-hydrogen) atoms. The lowest BCUT2D eigenvalue weighted by Gasteiger charge is -2.24. The predicted octanol–water partition coefficient (Wildman–Crippen LogP) is 18.0. The Morgan fingerprint density at radius 1 is 0.438 bits per heavy atom. The SMILES string of the molecule is CC/C=C\C/C=C\C/C=C\C/C=C\C/C=C\C/C=C\C/C=C\C/C=C\CCCCCCCCCCC(=O)OC(COC(=O)CCCCCCC/C=C\C/C=C\CCCCCC)COP(=O)(O)OCC[N+](C)(C)C. The molecule has 0 aliphatic carbocycles. The summed E-state index contributed by atoms with van der Waals surface area (Å²) in [5.74, 6) is -0.831. The summed E-state index contributed by atoms with van der Waals surface area (Å²) < 4.78 is 34.5. The Bertz CT molecular complexity index is 1650. The zero-order chi connectivity index (χ0) is 53.5. The fourth-order valence-electron chi connectivity index (χ4n) is 7.30. The van der Waals surface area contributed by atoms with E-state index in [0.717, 1.165) is 116 Å². The number of esters is 2. The van der Waals surface area contributed by atoms with Crippen molar-refractivity contribution in [2.24, 2.45) is 0 Å². The second kappa shape index (κ2) is 53.2. The van der Waals surface area contributed by atoms with Gasteiger partial charge in [-0.2, -0.15) is 0 Å². The van der Waals surface area contributed by atoms with Gasteiger partial charge in [0.25, 0.3) is 0 Å². The third kappa shape index (κ3) is 57.5. The van der Waals surface area contributed by atoms with Gasteiger partial charge in [0.1, 0.15) is 19.8 Å². The van der Waals surface area contributed by atoms with E-state index in [4.69, 9.17) is 18.5 Å². The van der Waals surface area contributed by atoms with Gasteiger partial charge in [0, 0.05) is 12.8 Å². The first-order valence-electron chi connectivity index (χ1n) is 28.8. The maximum absolute atomic E-state index is 12.8. The third-order valence-electron chi connectivity index (χ3n) is 11.7. The molecule has 0 aliphatic heterocycles. The van der Waals surface area contributed by atoms with Crippen LogP contribution in [0.2, 0.25) is 0 Å². The lowest BCUT2D eigenvalue weighted by atomic mass is 10.1. The predicted molar refractivity (Wildman–Crippen MR) is 311 cm³/mol. The van der Waals surface area contributed by atoms with Crippen molar-refractivity contribution in [2.45, 2.75) is 219 Å². The molecule has 0 rings (SSSR count). The Balaban J connectivity index is 4.21. The molecule has 0 saturated carbocycles. The van der Waals surface area contributed by atoms with Gasteiger partial charge in [0.15, 0.2) is 6.10 Å². The number of hydrogen-bond donors (Lipinski definition) is 1. The summed E-state index contributed by atoms with van der Waals surface area (Å²) in [6, 6.07) is 0. The standard InChI is InChI=1S/C63H106NO8P/c1-6-8-10-12-14-16-18-20-22-24-25-26-27-28-29-30-31-32-33-34-35-36-37-38-39-40-42-44-46-48-50-52-54-56-63(66)72-61(60-71-73(67,68)70-58-57-64(3,4)5)59-69-62(65)55-53-51-49-47-45-43-41-23-21-19-17-15-13-11-9-7-2/h8,10,14,16-17,19-20,22-23,25-26,28-29,31-32,34-35,37-38,41,61H,6-7,9,11-13,15,18,21,24,27,30,33,36,39-40,42-60H2,1-5H3/p+1/b10-8-,16-14-,19-17-,22-20-,26-25-,29-28-,32-31-,35-34-,38-37-,41-23-. The average molecular weight is 1040 g/mol. The van der Waals surface area contributed by atoms with Gasteiger partial charge in [-0.05, 0) is 109 Å². The molecule has 0 spiro atoms. The Labute approximate surface area is 448 Å². The molecule has 416 valence electrons. The molecule has 0 aromatic heterocycles. The summed E-state index contributed by atoms with van der Waals surface area (Å²) in [6.07, 6.45) is 75.5. The van der Waals surface area contributed by atoms with Crippen LogP contribution in [0.25, 0.3) is 0 Å². The number of nitrogens with zero attached hydrogens (tertiary/aromatic N) is 1. The van der Waals surface area contributed by atoms with Crippen LogP contribution < -0.4 is 0 Å². The first-order valence-corrected chi connectivity index (χ1v) is 30.3. The second-order valence-corrected chi connectivity index (χ2v) is 21.4. The van der Waals surface area contributed by atoms with Crippen LogP contribution in [0.4, 0.5) is 0 Å². The number of phosphoric acid groups is 1. The van der Waals surface area contributed by atoms with E-state index in [9.17, 15) is 19.0 Å². The summed E-state index contributed by atoms with van der Waals surface area (Å²) in [7, 11) is 1.45. The maximum Gasteiger partial charge on any atom is 0.472 e. The monoisotopic (exact) mass is 1040 g/mol. The largest absolute Gasteiger partial charge is 0.472 e. The van der Waals surface area contributed by atoms with Crippen LogP contribution in [-0.2, 0) is 32.7 Å². The molecule has 2 atom stereocenters. The van der Waals surface area contributed by atoms with Crippen LogP contribution in [-0.4, -0.2) is 74.9 Å². The molecule has 0 aromatic carbocycles. The van der Waals surface area contributed by atoms with Crippen molar-refractivity contribution >= 4 is 19.8 Å². The molecule has 9 nitrogen and oxygen atoms in total. The highest BCUT2D eigenvalue weighted by Crippen LogP contribution is 2.43. The van der Waals surface area contributed by atoms with Crippen LogP contribution in [0.1, 0.15) is 213 Å². The number of carbonyl (C=O) groups is 2. The number of ether oxygens (including phenoxy) is 2. The molecule has 10 heteroatoms. The van der Waals surface area contributed by atoms with E-state index < -0.39 is 26.5 Å². The summed E-state index contributed by atoms with van der Waals surface area (Å²) >= 11 is 0. The molecule has 1 N–H and O–H groups in total. The minimum atomic E-state index is -4.40. The first kappa shape index (κ1) is 69.4. The van der Waals surface area contributed by atoms with Crippen molar-refractivity contribution in [2.75, 3.05) is 47.5 Å². The lowest BCUT2D eigenvalue weighted by Crippen LogP contribution is -2.37. The second-order valence-electron chi connectivity index (χ2n) is 19.9. The van der Waals surface area contributed by atoms with Gasteiger partial charge in [0.05, 0.1) is 27.7 Å². The van der Waals surface area contributed by atoms with Gasteiger partial charge >= 0.3 is 19.8 Å². The summed E-state index contributed by atoms with van der Waals surface area (Å²) in [5.41, 5.74) is 0. The molecule has 0 heterocycles. The highest BCUT2D eigenvalue weighted by Gasteiger charge is 2.27. The van der Waals surface area contributed by atoms with E-state index >= 15 is 0 Å². The molecule has 0 aliphatic rings. The van der Waals surface area contributed by atoms with Gasteiger partial charge in [-0.1, -0.05) is 212 Å². The number of phosphoric ester groups is 1. The molecular formula is C63H107NO8P+. The molecule has 0 saturated heterocycles. The molecule has 0 amide bonds. The lowest BCUT2D eigenvalue weighted by molar-refractivity contribution is -0.870. The smallest absolute Gasteiger partial charge is 0.462 e. The van der Waals surface area contributed by atoms with Crippen molar-refractivity contribution in [3.8, 4) is 0 Å². The van der Waals surface area contributed by atoms with Crippen molar-refractivity contribution in [1.82, 2.24) is 0 Å². The number of allylic oxidation sites excluding steroid dienone is 20. The van der Waals surface area contributed by atoms with Crippen LogP contribution in [0, 0.1) is 0 Å². The van der Waals surface area contributed by atoms with Gasteiger partial charge in [-0.25, -0.2) is 4.57 Å². The van der Waals surface area contributed by atoms with E-state index in [0.29, 0.717) is 23.9 Å². The van der Waals surface area contributed by atoms with Crippen molar-refractivity contribution in [3.05, 3.63) is 122 Å². The normalized spacial score (nSPS) is 14.2. The molecule has 0 radical (unpaired) electrons. The average Bonchev–Trinajstić information content (AvgIpc) is 3.35. The van der Waals surface area contributed by atoms with E-state index in [2.05, 4.69) is 135 Å². The quantitative estimate of drug-likeness (QED) is 0.0211. The van der Waals surface area contributed by atoms with Crippen LogP contribution in [0.3, 0.4) is 0 Å². The maximum atomic E-state index is 12.8. The Morgan fingerprint density at radius 2 is 0.781 bits per heavy atom. The number of likely N-dealkylation sites (N-methyl/N-ethyl adjacent to an activating group) is 1.